The lowest BCUT2D eigenvalue weighted by atomic mass is 10.0. The molecule has 0 radical (unpaired) electrons. The summed E-state index contributed by atoms with van der Waals surface area (Å²) in [5.41, 5.74) is 7.18. The molecule has 0 aliphatic carbocycles. The van der Waals surface area contributed by atoms with Gasteiger partial charge in [0.1, 0.15) is 0 Å². The molecule has 2 aromatic heterocycles. The van der Waals surface area contributed by atoms with E-state index in [0.29, 0.717) is 6.54 Å². The lowest BCUT2D eigenvalue weighted by Crippen LogP contribution is -2.31. The van der Waals surface area contributed by atoms with Gasteiger partial charge >= 0.3 is 12.1 Å². The number of carbonyl (C=O) groups is 2. The van der Waals surface area contributed by atoms with Gasteiger partial charge in [-0.2, -0.15) is 13.2 Å². The van der Waals surface area contributed by atoms with Crippen LogP contribution in [0.3, 0.4) is 0 Å². The molecule has 4 rings (SSSR count). The summed E-state index contributed by atoms with van der Waals surface area (Å²) in [6.07, 6.45) is 2.71. The molecule has 3 N–H and O–H groups in total. The van der Waals surface area contributed by atoms with E-state index in [0.717, 1.165) is 41.1 Å². The van der Waals surface area contributed by atoms with Crippen molar-refractivity contribution in [1.29, 1.82) is 0 Å². The summed E-state index contributed by atoms with van der Waals surface area (Å²) < 4.78 is 31.7. The Labute approximate surface area is 188 Å². The van der Waals surface area contributed by atoms with E-state index in [1.165, 1.54) is 11.1 Å². The number of aryl methyl sites for hydroxylation is 1. The van der Waals surface area contributed by atoms with Gasteiger partial charge in [-0.25, -0.2) is 4.79 Å². The highest BCUT2D eigenvalue weighted by atomic mass is 19.4. The second kappa shape index (κ2) is 10.2. The van der Waals surface area contributed by atoms with Gasteiger partial charge in [0.15, 0.2) is 0 Å². The standard InChI is InChI=1S/C22H21N3O.C2HF3O2/c1-2-15-5-3-4-6-16(15)7-8-18-13-17(9-11-23-18)21-14-19-20(25-21)10-12-24-22(19)26;3-2(4,5)1(6)7/h3-9,11,13-14,25H,2,10,12H2,1H3,(H,24,26);(H,6,7). The van der Waals surface area contributed by atoms with Crippen LogP contribution in [0.4, 0.5) is 13.2 Å². The molecule has 1 aromatic carbocycles. The summed E-state index contributed by atoms with van der Waals surface area (Å²) in [6.45, 7) is 2.85. The van der Waals surface area contributed by atoms with E-state index in [-0.39, 0.29) is 5.91 Å². The fourth-order valence-electron chi connectivity index (χ4n) is 3.35. The Morgan fingerprint density at radius 1 is 1.18 bits per heavy atom. The van der Waals surface area contributed by atoms with E-state index in [1.54, 1.807) is 6.20 Å². The van der Waals surface area contributed by atoms with Crippen molar-refractivity contribution >= 4 is 24.0 Å². The van der Waals surface area contributed by atoms with Gasteiger partial charge in [0, 0.05) is 36.1 Å². The summed E-state index contributed by atoms with van der Waals surface area (Å²) in [4.78, 5) is 28.7. The van der Waals surface area contributed by atoms with E-state index in [2.05, 4.69) is 52.5 Å². The monoisotopic (exact) mass is 457 g/mol. The first-order valence-corrected chi connectivity index (χ1v) is 10.2. The number of amides is 1. The summed E-state index contributed by atoms with van der Waals surface area (Å²) in [5.74, 6) is -2.76. The number of carbonyl (C=O) groups excluding carboxylic acids is 1. The van der Waals surface area contributed by atoms with Crippen molar-refractivity contribution in [1.82, 2.24) is 15.3 Å². The maximum Gasteiger partial charge on any atom is 0.490 e. The molecule has 0 spiro atoms. The van der Waals surface area contributed by atoms with E-state index >= 15 is 0 Å². The molecular formula is C24H22F3N3O3. The number of nitrogens with one attached hydrogen (secondary N) is 2. The minimum absolute atomic E-state index is 0.000835. The number of aliphatic carboxylic acids is 1. The molecule has 9 heteroatoms. The van der Waals surface area contributed by atoms with Crippen molar-refractivity contribution in [2.45, 2.75) is 25.9 Å². The number of carboxylic acid groups (broad SMARTS) is 1. The Morgan fingerprint density at radius 3 is 2.58 bits per heavy atom. The van der Waals surface area contributed by atoms with Gasteiger partial charge in [0.05, 0.1) is 11.3 Å². The summed E-state index contributed by atoms with van der Waals surface area (Å²) in [5, 5.41) is 10.0. The number of nitrogens with zero attached hydrogens (tertiary/aromatic N) is 1. The van der Waals surface area contributed by atoms with Crippen LogP contribution in [0.1, 0.15) is 39.8 Å². The van der Waals surface area contributed by atoms with Gasteiger partial charge in [-0.1, -0.05) is 37.3 Å². The van der Waals surface area contributed by atoms with Crippen LogP contribution in [0.5, 0.6) is 0 Å². The third kappa shape index (κ3) is 6.09. The number of hydrogen-bond donors (Lipinski definition) is 3. The molecule has 0 saturated carbocycles. The Bertz CT molecular complexity index is 1180. The molecule has 0 bridgehead atoms. The predicted molar refractivity (Wildman–Crippen MR) is 118 cm³/mol. The normalized spacial score (nSPS) is 13.2. The average Bonchev–Trinajstić information content (AvgIpc) is 3.24. The number of aromatic nitrogens is 2. The number of H-pyrrole nitrogens is 1. The molecule has 3 aromatic rings. The summed E-state index contributed by atoms with van der Waals surface area (Å²) in [7, 11) is 0. The van der Waals surface area contributed by atoms with Gasteiger partial charge in [-0.3, -0.25) is 9.78 Å². The largest absolute Gasteiger partial charge is 0.490 e. The van der Waals surface area contributed by atoms with Gasteiger partial charge in [-0.05, 0) is 41.8 Å². The van der Waals surface area contributed by atoms with Gasteiger partial charge in [0.2, 0.25) is 0 Å². The molecule has 0 saturated heterocycles. The minimum atomic E-state index is -5.08. The zero-order chi connectivity index (χ0) is 24.0. The average molecular weight is 457 g/mol. The second-order valence-electron chi connectivity index (χ2n) is 7.24. The second-order valence-corrected chi connectivity index (χ2v) is 7.24. The number of halogens is 3. The van der Waals surface area contributed by atoms with Crippen LogP contribution in [-0.2, 0) is 17.6 Å². The van der Waals surface area contributed by atoms with Crippen LogP contribution >= 0.6 is 0 Å². The SMILES string of the molecule is CCc1ccccc1C=Cc1cc(-c2cc3c([nH]2)CCNC3=O)ccn1.O=C(O)C(F)(F)F. The predicted octanol–water partition coefficient (Wildman–Crippen LogP) is 4.73. The Hall–Kier alpha value is -3.88. The van der Waals surface area contributed by atoms with Crippen molar-refractivity contribution in [2.75, 3.05) is 6.54 Å². The fourth-order valence-corrected chi connectivity index (χ4v) is 3.35. The number of benzene rings is 1. The topological polar surface area (TPSA) is 95.1 Å². The van der Waals surface area contributed by atoms with Crippen molar-refractivity contribution in [3.8, 4) is 11.3 Å². The zero-order valence-electron chi connectivity index (χ0n) is 17.7. The minimum Gasteiger partial charge on any atom is -0.475 e. The van der Waals surface area contributed by atoms with Gasteiger partial charge in [-0.15, -0.1) is 0 Å². The lowest BCUT2D eigenvalue weighted by Gasteiger charge is -2.10. The van der Waals surface area contributed by atoms with Crippen LogP contribution in [-0.4, -0.2) is 39.7 Å². The highest BCUT2D eigenvalue weighted by Crippen LogP contribution is 2.25. The summed E-state index contributed by atoms with van der Waals surface area (Å²) in [6, 6.07) is 14.3. The highest BCUT2D eigenvalue weighted by Gasteiger charge is 2.38. The number of aromatic amines is 1. The third-order valence-electron chi connectivity index (χ3n) is 5.01. The number of fused-ring (bicyclic) bond motifs is 1. The Morgan fingerprint density at radius 2 is 1.91 bits per heavy atom. The molecule has 1 aliphatic heterocycles. The van der Waals surface area contributed by atoms with E-state index in [9.17, 15) is 18.0 Å². The Balaban J connectivity index is 0.000000383. The smallest absolute Gasteiger partial charge is 0.475 e. The molecule has 0 atom stereocenters. The number of carboxylic acids is 1. The fraction of sp³-hybridized carbons (Fsp3) is 0.208. The molecule has 33 heavy (non-hydrogen) atoms. The van der Waals surface area contributed by atoms with Crippen LogP contribution in [0.25, 0.3) is 23.4 Å². The molecule has 6 nitrogen and oxygen atoms in total. The molecule has 3 heterocycles. The molecule has 1 amide bonds. The third-order valence-corrected chi connectivity index (χ3v) is 5.01. The molecule has 1 aliphatic rings. The van der Waals surface area contributed by atoms with Crippen LogP contribution < -0.4 is 5.32 Å². The first-order valence-electron chi connectivity index (χ1n) is 10.2. The van der Waals surface area contributed by atoms with Crippen molar-refractivity contribution < 1.29 is 27.9 Å². The van der Waals surface area contributed by atoms with E-state index in [4.69, 9.17) is 9.90 Å². The zero-order valence-corrected chi connectivity index (χ0v) is 17.7. The quantitative estimate of drug-likeness (QED) is 0.528. The maximum absolute atomic E-state index is 12.0. The van der Waals surface area contributed by atoms with Crippen molar-refractivity contribution in [3.05, 3.63) is 76.7 Å². The summed E-state index contributed by atoms with van der Waals surface area (Å²) >= 11 is 0. The van der Waals surface area contributed by atoms with Crippen molar-refractivity contribution in [2.24, 2.45) is 0 Å². The number of rotatable bonds is 4. The van der Waals surface area contributed by atoms with E-state index < -0.39 is 12.1 Å². The maximum atomic E-state index is 12.0. The first kappa shape index (κ1) is 23.8. The molecular weight excluding hydrogens is 435 g/mol. The number of alkyl halides is 3. The number of hydrogen-bond acceptors (Lipinski definition) is 3. The molecule has 172 valence electrons. The van der Waals surface area contributed by atoms with Crippen LogP contribution in [0.15, 0.2) is 48.7 Å². The first-order chi connectivity index (χ1) is 15.7. The van der Waals surface area contributed by atoms with Crippen LogP contribution in [0, 0.1) is 0 Å². The Kier molecular flexibility index (Phi) is 7.32. The van der Waals surface area contributed by atoms with E-state index in [1.807, 2.05) is 24.3 Å². The highest BCUT2D eigenvalue weighted by molar-refractivity contribution is 5.97. The molecule has 0 unspecified atom stereocenters. The van der Waals surface area contributed by atoms with Crippen molar-refractivity contribution in [3.63, 3.8) is 0 Å². The number of pyridine rings is 1. The molecule has 0 fully saturated rings. The lowest BCUT2D eigenvalue weighted by molar-refractivity contribution is -0.192. The van der Waals surface area contributed by atoms with Gasteiger partial charge in [0.25, 0.3) is 5.91 Å². The van der Waals surface area contributed by atoms with Crippen LogP contribution in [0.2, 0.25) is 0 Å². The van der Waals surface area contributed by atoms with Gasteiger partial charge < -0.3 is 15.4 Å².